The van der Waals surface area contributed by atoms with Crippen LogP contribution < -0.4 is 10.7 Å². The van der Waals surface area contributed by atoms with Crippen LogP contribution in [0.4, 0.5) is 0 Å². The Bertz CT molecular complexity index is 725. The minimum Gasteiger partial charge on any atom is -0.549 e. The van der Waals surface area contributed by atoms with Crippen LogP contribution in [0.1, 0.15) is 42.5 Å². The summed E-state index contributed by atoms with van der Waals surface area (Å²) in [6.07, 6.45) is 0.702. The fourth-order valence-electron chi connectivity index (χ4n) is 3.24. The molecule has 7 heteroatoms. The smallest absolute Gasteiger partial charge is 0.269 e. The molecule has 0 aromatic carbocycles. The van der Waals surface area contributed by atoms with Crippen LogP contribution >= 0.6 is 0 Å². The van der Waals surface area contributed by atoms with E-state index in [1.165, 1.54) is 4.57 Å². The molecular formula is C15H15N2O5-. The van der Waals surface area contributed by atoms with Gasteiger partial charge in [-0.2, -0.15) is 5.26 Å². The fourth-order valence-corrected chi connectivity index (χ4v) is 3.24. The lowest BCUT2D eigenvalue weighted by molar-refractivity contribution is -0.308. The summed E-state index contributed by atoms with van der Waals surface area (Å²) in [5.41, 5.74) is 0.0332. The third-order valence-electron chi connectivity index (χ3n) is 4.32. The number of nitriles is 1. The predicted octanol–water partition coefficient (Wildman–Crippen LogP) is -0.433. The van der Waals surface area contributed by atoms with E-state index in [0.717, 1.165) is 0 Å². The molecule has 3 heterocycles. The SMILES string of the molecule is CCC(C(=O)[O-])c1cc2n(c(=O)c1C#N)CCC21OCCO1. The van der Waals surface area contributed by atoms with E-state index in [9.17, 15) is 20.0 Å². The Kier molecular flexibility index (Phi) is 3.51. The third kappa shape index (κ3) is 1.95. The van der Waals surface area contributed by atoms with E-state index < -0.39 is 23.2 Å². The number of pyridine rings is 1. The molecule has 22 heavy (non-hydrogen) atoms. The highest BCUT2D eigenvalue weighted by atomic mass is 16.7. The Balaban J connectivity index is 2.24. The molecule has 0 amide bonds. The molecule has 1 saturated heterocycles. The van der Waals surface area contributed by atoms with Crippen LogP contribution in [-0.4, -0.2) is 23.8 Å². The van der Waals surface area contributed by atoms with Gasteiger partial charge in [-0.05, 0) is 18.1 Å². The first kappa shape index (κ1) is 14.8. The number of rotatable bonds is 3. The van der Waals surface area contributed by atoms with Crippen molar-refractivity contribution in [1.29, 1.82) is 5.26 Å². The molecule has 1 unspecified atom stereocenters. The number of carboxylic acids is 1. The second-order valence-corrected chi connectivity index (χ2v) is 5.41. The Morgan fingerprint density at radius 3 is 2.77 bits per heavy atom. The normalized spacial score (nSPS) is 19.8. The number of carboxylic acid groups (broad SMARTS) is 1. The van der Waals surface area contributed by atoms with E-state index in [2.05, 4.69) is 0 Å². The zero-order chi connectivity index (χ0) is 15.9. The van der Waals surface area contributed by atoms with Crippen LogP contribution in [-0.2, 0) is 26.6 Å². The zero-order valence-electron chi connectivity index (χ0n) is 12.1. The highest BCUT2D eigenvalue weighted by Crippen LogP contribution is 2.40. The number of ether oxygens (including phenoxy) is 2. The van der Waals surface area contributed by atoms with E-state index in [-0.39, 0.29) is 17.5 Å². The van der Waals surface area contributed by atoms with Crippen molar-refractivity contribution in [3.8, 4) is 6.07 Å². The van der Waals surface area contributed by atoms with Crippen LogP contribution in [0.25, 0.3) is 0 Å². The summed E-state index contributed by atoms with van der Waals surface area (Å²) >= 11 is 0. The zero-order valence-corrected chi connectivity index (χ0v) is 12.1. The van der Waals surface area contributed by atoms with Crippen molar-refractivity contribution < 1.29 is 19.4 Å². The molecule has 0 bridgehead atoms. The predicted molar refractivity (Wildman–Crippen MR) is 71.7 cm³/mol. The Hall–Kier alpha value is -2.17. The van der Waals surface area contributed by atoms with E-state index in [0.29, 0.717) is 31.9 Å². The number of hydrogen-bond donors (Lipinski definition) is 0. The molecule has 0 aliphatic carbocycles. The lowest BCUT2D eigenvalue weighted by Gasteiger charge is -2.24. The van der Waals surface area contributed by atoms with Crippen molar-refractivity contribution >= 4 is 5.97 Å². The van der Waals surface area contributed by atoms with Crippen molar-refractivity contribution in [3.05, 3.63) is 33.2 Å². The number of hydrogen-bond acceptors (Lipinski definition) is 6. The molecule has 0 saturated carbocycles. The second-order valence-electron chi connectivity index (χ2n) is 5.41. The monoisotopic (exact) mass is 303 g/mol. The molecule has 3 rings (SSSR count). The first-order valence-electron chi connectivity index (χ1n) is 7.21. The lowest BCUT2D eigenvalue weighted by Crippen LogP contribution is -2.34. The van der Waals surface area contributed by atoms with Gasteiger partial charge >= 0.3 is 0 Å². The number of fused-ring (bicyclic) bond motifs is 2. The maximum absolute atomic E-state index is 12.5. The minimum atomic E-state index is -1.30. The van der Waals surface area contributed by atoms with Gasteiger partial charge in [0.05, 0.1) is 18.9 Å². The number of aromatic nitrogens is 1. The van der Waals surface area contributed by atoms with Gasteiger partial charge in [-0.3, -0.25) is 4.79 Å². The average molecular weight is 303 g/mol. The van der Waals surface area contributed by atoms with Crippen molar-refractivity contribution in [2.24, 2.45) is 0 Å². The molecule has 2 aliphatic rings. The average Bonchev–Trinajstić information content (AvgIpc) is 3.09. The van der Waals surface area contributed by atoms with Crippen LogP contribution in [0.3, 0.4) is 0 Å². The van der Waals surface area contributed by atoms with Gasteiger partial charge in [-0.15, -0.1) is 0 Å². The van der Waals surface area contributed by atoms with E-state index in [4.69, 9.17) is 9.47 Å². The summed E-state index contributed by atoms with van der Waals surface area (Å²) in [5.74, 6) is -3.30. The van der Waals surface area contributed by atoms with E-state index in [1.807, 2.05) is 6.07 Å². The van der Waals surface area contributed by atoms with Gasteiger partial charge in [0, 0.05) is 24.9 Å². The first-order valence-corrected chi connectivity index (χ1v) is 7.21. The molecule has 1 spiro atoms. The molecule has 7 nitrogen and oxygen atoms in total. The summed E-state index contributed by atoms with van der Waals surface area (Å²) < 4.78 is 12.8. The highest BCUT2D eigenvalue weighted by Gasteiger charge is 2.46. The minimum absolute atomic E-state index is 0.144. The van der Waals surface area contributed by atoms with Gasteiger partial charge in [-0.1, -0.05) is 6.92 Å². The number of aliphatic carboxylic acids is 1. The summed E-state index contributed by atoms with van der Waals surface area (Å²) in [6, 6.07) is 3.39. The Morgan fingerprint density at radius 2 is 2.23 bits per heavy atom. The Labute approximate surface area is 126 Å². The van der Waals surface area contributed by atoms with E-state index >= 15 is 0 Å². The van der Waals surface area contributed by atoms with Gasteiger partial charge in [0.25, 0.3) is 5.56 Å². The van der Waals surface area contributed by atoms with Crippen LogP contribution in [0.15, 0.2) is 10.9 Å². The van der Waals surface area contributed by atoms with Gasteiger partial charge in [-0.25, -0.2) is 0 Å². The fraction of sp³-hybridized carbons (Fsp3) is 0.533. The van der Waals surface area contributed by atoms with Crippen molar-refractivity contribution in [2.75, 3.05) is 13.2 Å². The van der Waals surface area contributed by atoms with E-state index in [1.54, 1.807) is 13.0 Å². The molecule has 0 N–H and O–H groups in total. The highest BCUT2D eigenvalue weighted by molar-refractivity contribution is 5.75. The maximum Gasteiger partial charge on any atom is 0.269 e. The lowest BCUT2D eigenvalue weighted by atomic mass is 9.92. The second kappa shape index (κ2) is 5.23. The van der Waals surface area contributed by atoms with Gasteiger partial charge in [0.15, 0.2) is 0 Å². The quantitative estimate of drug-likeness (QED) is 0.750. The standard InChI is InChI=1S/C15H16N2O5/c1-2-9(14(19)20)10-7-12-15(21-5-6-22-15)3-4-17(12)13(18)11(10)8-16/h7,9H,2-6H2,1H3,(H,19,20)/p-1. The Morgan fingerprint density at radius 1 is 1.55 bits per heavy atom. The molecule has 1 fully saturated rings. The molecule has 2 aliphatic heterocycles. The summed E-state index contributed by atoms with van der Waals surface area (Å²) in [5, 5.41) is 20.6. The largest absolute Gasteiger partial charge is 0.549 e. The van der Waals surface area contributed by atoms with Crippen LogP contribution in [0.5, 0.6) is 0 Å². The van der Waals surface area contributed by atoms with Crippen LogP contribution in [0.2, 0.25) is 0 Å². The number of carbonyl (C=O) groups excluding carboxylic acids is 1. The maximum atomic E-state index is 12.5. The molecule has 1 atom stereocenters. The number of nitrogens with zero attached hydrogens (tertiary/aromatic N) is 2. The molecule has 116 valence electrons. The molecular weight excluding hydrogens is 288 g/mol. The van der Waals surface area contributed by atoms with Crippen molar-refractivity contribution in [1.82, 2.24) is 4.57 Å². The summed E-state index contributed by atoms with van der Waals surface area (Å²) in [7, 11) is 0. The first-order chi connectivity index (χ1) is 10.5. The molecule has 0 radical (unpaired) electrons. The van der Waals surface area contributed by atoms with Gasteiger partial charge < -0.3 is 23.9 Å². The topological polar surface area (TPSA) is 104 Å². The summed E-state index contributed by atoms with van der Waals surface area (Å²) in [6.45, 7) is 2.89. The van der Waals surface area contributed by atoms with Gasteiger partial charge in [0.2, 0.25) is 5.79 Å². The van der Waals surface area contributed by atoms with Crippen LogP contribution in [0, 0.1) is 11.3 Å². The third-order valence-corrected chi connectivity index (χ3v) is 4.32. The van der Waals surface area contributed by atoms with Gasteiger partial charge in [0.1, 0.15) is 11.6 Å². The van der Waals surface area contributed by atoms with Crippen molar-refractivity contribution in [2.45, 2.75) is 38.0 Å². The van der Waals surface area contributed by atoms with Crippen molar-refractivity contribution in [3.63, 3.8) is 0 Å². The molecule has 1 aromatic heterocycles. The molecule has 1 aromatic rings. The summed E-state index contributed by atoms with van der Waals surface area (Å²) in [4.78, 5) is 23.8. The number of carbonyl (C=O) groups is 1.